The summed E-state index contributed by atoms with van der Waals surface area (Å²) in [5.41, 5.74) is -0.439. The van der Waals surface area contributed by atoms with E-state index in [0.717, 1.165) is 18.0 Å². The van der Waals surface area contributed by atoms with Crippen LogP contribution in [0.15, 0.2) is 11.6 Å². The zero-order chi connectivity index (χ0) is 15.5. The molecule has 2 atom stereocenters. The van der Waals surface area contributed by atoms with Crippen molar-refractivity contribution in [2.75, 3.05) is 19.7 Å². The minimum Gasteiger partial charge on any atom is -0.444 e. The van der Waals surface area contributed by atoms with E-state index in [4.69, 9.17) is 9.47 Å². The summed E-state index contributed by atoms with van der Waals surface area (Å²) < 4.78 is 11.3. The van der Waals surface area contributed by atoms with Crippen LogP contribution in [0.3, 0.4) is 0 Å². The maximum Gasteiger partial charge on any atom is 0.410 e. The van der Waals surface area contributed by atoms with E-state index in [0.29, 0.717) is 19.1 Å². The quantitative estimate of drug-likeness (QED) is 0.854. The number of thiazole rings is 1. The van der Waals surface area contributed by atoms with Crippen LogP contribution >= 0.6 is 11.3 Å². The van der Waals surface area contributed by atoms with Crippen molar-refractivity contribution < 1.29 is 14.3 Å². The number of carbonyl (C=O) groups excluding carboxylic acids is 1. The van der Waals surface area contributed by atoms with Gasteiger partial charge < -0.3 is 14.4 Å². The minimum absolute atomic E-state index is 0.0144. The molecule has 118 valence electrons. The molecule has 0 bridgehead atoms. The smallest absolute Gasteiger partial charge is 0.410 e. The van der Waals surface area contributed by atoms with Gasteiger partial charge in [-0.2, -0.15) is 0 Å². The summed E-state index contributed by atoms with van der Waals surface area (Å²) in [6.07, 6.45) is 2.54. The topological polar surface area (TPSA) is 51.7 Å². The second-order valence-corrected chi connectivity index (χ2v) is 7.35. The van der Waals surface area contributed by atoms with E-state index in [9.17, 15) is 4.79 Å². The van der Waals surface area contributed by atoms with E-state index in [1.807, 2.05) is 33.1 Å². The Hall–Kier alpha value is -1.14. The number of carbonyl (C=O) groups is 1. The van der Waals surface area contributed by atoms with E-state index in [-0.39, 0.29) is 12.2 Å². The highest BCUT2D eigenvalue weighted by Gasteiger charge is 2.30. The van der Waals surface area contributed by atoms with Crippen molar-refractivity contribution >= 4 is 17.4 Å². The third-order valence-electron chi connectivity index (χ3n) is 3.32. The van der Waals surface area contributed by atoms with Crippen molar-refractivity contribution in [3.8, 4) is 0 Å². The van der Waals surface area contributed by atoms with Crippen LogP contribution in [0.2, 0.25) is 0 Å². The molecule has 1 amide bonds. The van der Waals surface area contributed by atoms with Crippen molar-refractivity contribution in [1.29, 1.82) is 0 Å². The summed E-state index contributed by atoms with van der Waals surface area (Å²) in [4.78, 5) is 18.0. The number of ether oxygens (including phenoxy) is 2. The number of hydrogen-bond donors (Lipinski definition) is 0. The summed E-state index contributed by atoms with van der Waals surface area (Å²) in [5, 5.41) is 2.95. The largest absolute Gasteiger partial charge is 0.444 e. The lowest BCUT2D eigenvalue weighted by atomic mass is 10.1. The van der Waals surface area contributed by atoms with Gasteiger partial charge >= 0.3 is 6.09 Å². The molecular formula is C15H24N2O3S. The second kappa shape index (κ2) is 6.75. The molecule has 1 aliphatic rings. The SMILES string of the molecule is C[C@@H](OC[C@@H]1CCN(C(=O)OC(C)(C)C)C1)c1nccs1. The molecule has 1 aromatic heterocycles. The van der Waals surface area contributed by atoms with E-state index >= 15 is 0 Å². The van der Waals surface area contributed by atoms with Crippen LogP contribution < -0.4 is 0 Å². The molecule has 1 fully saturated rings. The number of aromatic nitrogens is 1. The fourth-order valence-electron chi connectivity index (χ4n) is 2.25. The monoisotopic (exact) mass is 312 g/mol. The molecule has 2 rings (SSSR count). The average Bonchev–Trinajstić information content (AvgIpc) is 3.05. The van der Waals surface area contributed by atoms with Crippen LogP contribution in [-0.2, 0) is 9.47 Å². The van der Waals surface area contributed by atoms with Gasteiger partial charge in [-0.1, -0.05) is 0 Å². The van der Waals surface area contributed by atoms with Gasteiger partial charge in [-0.05, 0) is 34.1 Å². The van der Waals surface area contributed by atoms with Crippen LogP contribution in [0.1, 0.15) is 45.2 Å². The van der Waals surface area contributed by atoms with Crippen molar-refractivity contribution in [1.82, 2.24) is 9.88 Å². The van der Waals surface area contributed by atoms with Gasteiger partial charge in [-0.3, -0.25) is 0 Å². The molecule has 0 aliphatic carbocycles. The third kappa shape index (κ3) is 4.97. The Balaban J connectivity index is 1.74. The van der Waals surface area contributed by atoms with Crippen LogP contribution in [-0.4, -0.2) is 41.3 Å². The molecule has 0 unspecified atom stereocenters. The third-order valence-corrected chi connectivity index (χ3v) is 4.26. The molecule has 5 nitrogen and oxygen atoms in total. The number of rotatable bonds is 4. The first-order valence-electron chi connectivity index (χ1n) is 7.34. The molecule has 1 aliphatic heterocycles. The average molecular weight is 312 g/mol. The van der Waals surface area contributed by atoms with Crippen molar-refractivity contribution in [2.45, 2.75) is 45.8 Å². The van der Waals surface area contributed by atoms with Gasteiger partial charge in [-0.25, -0.2) is 9.78 Å². The highest BCUT2D eigenvalue weighted by molar-refractivity contribution is 7.09. The van der Waals surface area contributed by atoms with E-state index in [1.165, 1.54) is 0 Å². The lowest BCUT2D eigenvalue weighted by Gasteiger charge is -2.24. The van der Waals surface area contributed by atoms with Gasteiger partial charge in [0.25, 0.3) is 0 Å². The first-order valence-corrected chi connectivity index (χ1v) is 8.22. The highest BCUT2D eigenvalue weighted by atomic mass is 32.1. The molecule has 0 aromatic carbocycles. The first-order chi connectivity index (χ1) is 9.85. The van der Waals surface area contributed by atoms with Crippen LogP contribution in [0, 0.1) is 5.92 Å². The van der Waals surface area contributed by atoms with Gasteiger partial charge in [0, 0.05) is 30.6 Å². The lowest BCUT2D eigenvalue weighted by Crippen LogP contribution is -2.35. The molecule has 21 heavy (non-hydrogen) atoms. The summed E-state index contributed by atoms with van der Waals surface area (Å²) >= 11 is 1.60. The Morgan fingerprint density at radius 2 is 2.33 bits per heavy atom. The number of likely N-dealkylation sites (tertiary alicyclic amines) is 1. The molecule has 0 N–H and O–H groups in total. The van der Waals surface area contributed by atoms with Gasteiger partial charge in [0.2, 0.25) is 0 Å². The number of hydrogen-bond acceptors (Lipinski definition) is 5. The van der Waals surface area contributed by atoms with Crippen molar-refractivity contribution in [2.24, 2.45) is 5.92 Å². The van der Waals surface area contributed by atoms with Gasteiger partial charge in [-0.15, -0.1) is 11.3 Å². The molecule has 6 heteroatoms. The number of nitrogens with zero attached hydrogens (tertiary/aromatic N) is 2. The fourth-order valence-corrected chi connectivity index (χ4v) is 2.89. The van der Waals surface area contributed by atoms with Crippen LogP contribution in [0.4, 0.5) is 4.79 Å². The molecule has 1 aromatic rings. The van der Waals surface area contributed by atoms with Gasteiger partial charge in [0.1, 0.15) is 16.7 Å². The maximum atomic E-state index is 12.0. The predicted molar refractivity (Wildman–Crippen MR) is 82.4 cm³/mol. The lowest BCUT2D eigenvalue weighted by molar-refractivity contribution is 0.0234. The number of amides is 1. The Bertz CT molecular complexity index is 456. The Kier molecular flexibility index (Phi) is 5.22. The zero-order valence-corrected chi connectivity index (χ0v) is 14.0. The van der Waals surface area contributed by atoms with E-state index < -0.39 is 5.60 Å². The molecule has 0 spiro atoms. The van der Waals surface area contributed by atoms with Crippen molar-refractivity contribution in [3.05, 3.63) is 16.6 Å². The standard InChI is InChI=1S/C15H24N2O3S/c1-11(13-16-6-8-21-13)19-10-12-5-7-17(9-12)14(18)20-15(2,3)4/h6,8,11-12H,5,7,9-10H2,1-4H3/t11-,12-/m1/s1. The Morgan fingerprint density at radius 1 is 1.57 bits per heavy atom. The van der Waals surface area contributed by atoms with Crippen molar-refractivity contribution in [3.63, 3.8) is 0 Å². The Morgan fingerprint density at radius 3 is 2.95 bits per heavy atom. The summed E-state index contributed by atoms with van der Waals surface area (Å²) in [7, 11) is 0. The normalized spacial score (nSPS) is 20.6. The molecular weight excluding hydrogens is 288 g/mol. The summed E-state index contributed by atoms with van der Waals surface area (Å²) in [5.74, 6) is 0.375. The highest BCUT2D eigenvalue weighted by Crippen LogP contribution is 2.24. The van der Waals surface area contributed by atoms with Crippen LogP contribution in [0.25, 0.3) is 0 Å². The summed E-state index contributed by atoms with van der Waals surface area (Å²) in [6.45, 7) is 9.78. The van der Waals surface area contributed by atoms with Crippen LogP contribution in [0.5, 0.6) is 0 Å². The van der Waals surface area contributed by atoms with E-state index in [1.54, 1.807) is 22.4 Å². The zero-order valence-electron chi connectivity index (χ0n) is 13.2. The second-order valence-electron chi connectivity index (χ2n) is 6.43. The first kappa shape index (κ1) is 16.2. The molecule has 1 saturated heterocycles. The fraction of sp³-hybridized carbons (Fsp3) is 0.733. The summed E-state index contributed by atoms with van der Waals surface area (Å²) in [6, 6.07) is 0. The van der Waals surface area contributed by atoms with Gasteiger partial charge in [0.15, 0.2) is 0 Å². The molecule has 0 saturated carbocycles. The molecule has 2 heterocycles. The minimum atomic E-state index is -0.439. The maximum absolute atomic E-state index is 12.0. The van der Waals surface area contributed by atoms with E-state index in [2.05, 4.69) is 4.98 Å². The molecule has 0 radical (unpaired) electrons. The predicted octanol–water partition coefficient (Wildman–Crippen LogP) is 3.48. The van der Waals surface area contributed by atoms with Gasteiger partial charge in [0.05, 0.1) is 6.61 Å². The Labute approximate surface area is 130 Å².